The molecular formula is C22H24FN3O. The van der Waals surface area contributed by atoms with Crippen molar-refractivity contribution in [1.82, 2.24) is 14.7 Å². The number of hydrogen-bond donors (Lipinski definition) is 0. The molecule has 3 aromatic rings. The molecular weight excluding hydrogens is 341 g/mol. The summed E-state index contributed by atoms with van der Waals surface area (Å²) in [6.45, 7) is 3.47. The fraction of sp³-hybridized carbons (Fsp3) is 0.318. The minimum absolute atomic E-state index is 0.226. The summed E-state index contributed by atoms with van der Waals surface area (Å²) in [6, 6.07) is 18.8. The zero-order chi connectivity index (χ0) is 18.5. The van der Waals surface area contributed by atoms with Crippen LogP contribution in [0.25, 0.3) is 11.3 Å². The van der Waals surface area contributed by atoms with Gasteiger partial charge in [0.1, 0.15) is 5.82 Å². The Morgan fingerprint density at radius 1 is 0.963 bits per heavy atom. The largest absolute Gasteiger partial charge is 0.373 e. The lowest BCUT2D eigenvalue weighted by Crippen LogP contribution is -2.38. The van der Waals surface area contributed by atoms with Gasteiger partial charge in [-0.25, -0.2) is 4.39 Å². The van der Waals surface area contributed by atoms with Crippen LogP contribution in [0.4, 0.5) is 4.39 Å². The molecule has 5 heteroatoms. The maximum absolute atomic E-state index is 13.1. The molecule has 27 heavy (non-hydrogen) atoms. The normalized spacial score (nSPS) is 15.9. The van der Waals surface area contributed by atoms with Crippen molar-refractivity contribution >= 4 is 0 Å². The number of aromatic nitrogens is 2. The second-order valence-corrected chi connectivity index (χ2v) is 7.00. The Bertz CT molecular complexity index is 840. The van der Waals surface area contributed by atoms with Crippen LogP contribution in [0.2, 0.25) is 0 Å². The Morgan fingerprint density at radius 2 is 1.70 bits per heavy atom. The Hall–Kier alpha value is -2.50. The summed E-state index contributed by atoms with van der Waals surface area (Å²) >= 11 is 0. The van der Waals surface area contributed by atoms with E-state index in [1.54, 1.807) is 12.1 Å². The number of benzene rings is 2. The van der Waals surface area contributed by atoms with E-state index in [1.807, 2.05) is 35.1 Å². The molecule has 1 aliphatic rings. The van der Waals surface area contributed by atoms with Gasteiger partial charge < -0.3 is 4.74 Å². The van der Waals surface area contributed by atoms with Gasteiger partial charge in [-0.3, -0.25) is 9.58 Å². The SMILES string of the molecule is Fc1ccc(-c2ccn(CN3CCC(OCc4ccccc4)CC3)n2)cc1. The summed E-state index contributed by atoms with van der Waals surface area (Å²) in [4.78, 5) is 2.39. The maximum Gasteiger partial charge on any atom is 0.123 e. The summed E-state index contributed by atoms with van der Waals surface area (Å²) in [6.07, 6.45) is 4.39. The van der Waals surface area contributed by atoms with Crippen LogP contribution < -0.4 is 0 Å². The quantitative estimate of drug-likeness (QED) is 0.651. The number of hydrogen-bond acceptors (Lipinski definition) is 3. The minimum atomic E-state index is -0.226. The van der Waals surface area contributed by atoms with Gasteiger partial charge in [0.2, 0.25) is 0 Å². The van der Waals surface area contributed by atoms with Crippen molar-refractivity contribution in [2.45, 2.75) is 32.2 Å². The molecule has 0 N–H and O–H groups in total. The summed E-state index contributed by atoms with van der Waals surface area (Å²) < 4.78 is 21.1. The van der Waals surface area contributed by atoms with Crippen molar-refractivity contribution in [3.05, 3.63) is 78.2 Å². The van der Waals surface area contributed by atoms with Gasteiger partial charge in [-0.15, -0.1) is 0 Å². The van der Waals surface area contributed by atoms with Gasteiger partial charge in [-0.05, 0) is 48.7 Å². The van der Waals surface area contributed by atoms with Crippen LogP contribution in [0.15, 0.2) is 66.9 Å². The number of likely N-dealkylation sites (tertiary alicyclic amines) is 1. The third-order valence-electron chi connectivity index (χ3n) is 4.99. The molecule has 0 atom stereocenters. The van der Waals surface area contributed by atoms with Gasteiger partial charge in [-0.1, -0.05) is 30.3 Å². The molecule has 0 amide bonds. The highest BCUT2D eigenvalue weighted by atomic mass is 19.1. The van der Waals surface area contributed by atoms with E-state index in [1.165, 1.54) is 17.7 Å². The second kappa shape index (κ2) is 8.46. The Kier molecular flexibility index (Phi) is 5.61. The topological polar surface area (TPSA) is 30.3 Å². The summed E-state index contributed by atoms with van der Waals surface area (Å²) in [5, 5.41) is 4.62. The van der Waals surface area contributed by atoms with E-state index in [0.717, 1.165) is 43.9 Å². The number of ether oxygens (including phenoxy) is 1. The third-order valence-corrected chi connectivity index (χ3v) is 4.99. The minimum Gasteiger partial charge on any atom is -0.373 e. The van der Waals surface area contributed by atoms with E-state index >= 15 is 0 Å². The lowest BCUT2D eigenvalue weighted by atomic mass is 10.1. The molecule has 0 spiro atoms. The van der Waals surface area contributed by atoms with Crippen molar-refractivity contribution in [3.8, 4) is 11.3 Å². The fourth-order valence-corrected chi connectivity index (χ4v) is 3.43. The molecule has 0 saturated carbocycles. The van der Waals surface area contributed by atoms with Gasteiger partial charge in [0.25, 0.3) is 0 Å². The molecule has 1 saturated heterocycles. The lowest BCUT2D eigenvalue weighted by molar-refractivity contribution is -0.00902. The Balaban J connectivity index is 1.25. The van der Waals surface area contributed by atoms with E-state index in [0.29, 0.717) is 12.7 Å². The molecule has 0 unspecified atom stereocenters. The molecule has 1 aromatic heterocycles. The average Bonchev–Trinajstić information content (AvgIpc) is 3.17. The number of nitrogens with zero attached hydrogens (tertiary/aromatic N) is 3. The zero-order valence-corrected chi connectivity index (χ0v) is 15.3. The first-order valence-corrected chi connectivity index (χ1v) is 9.43. The predicted octanol–water partition coefficient (Wildman–Crippen LogP) is 4.33. The highest BCUT2D eigenvalue weighted by molar-refractivity contribution is 5.58. The molecule has 0 aliphatic carbocycles. The molecule has 140 valence electrons. The molecule has 1 aliphatic heterocycles. The zero-order valence-electron chi connectivity index (χ0n) is 15.3. The Morgan fingerprint density at radius 3 is 2.44 bits per heavy atom. The van der Waals surface area contributed by atoms with Gasteiger partial charge in [0.05, 0.1) is 25.1 Å². The molecule has 1 fully saturated rings. The average molecular weight is 365 g/mol. The molecule has 0 radical (unpaired) electrons. The van der Waals surface area contributed by atoms with Gasteiger partial charge in [0.15, 0.2) is 0 Å². The van der Waals surface area contributed by atoms with Crippen molar-refractivity contribution in [3.63, 3.8) is 0 Å². The van der Waals surface area contributed by atoms with Gasteiger partial charge in [-0.2, -0.15) is 5.10 Å². The van der Waals surface area contributed by atoms with E-state index in [9.17, 15) is 4.39 Å². The van der Waals surface area contributed by atoms with E-state index in [4.69, 9.17) is 4.74 Å². The van der Waals surface area contributed by atoms with Crippen LogP contribution in [-0.2, 0) is 18.0 Å². The van der Waals surface area contributed by atoms with Crippen LogP contribution in [0.5, 0.6) is 0 Å². The highest BCUT2D eigenvalue weighted by Crippen LogP contribution is 2.19. The first kappa shape index (κ1) is 17.9. The van der Waals surface area contributed by atoms with Crippen LogP contribution in [0, 0.1) is 5.82 Å². The summed E-state index contributed by atoms with van der Waals surface area (Å²) in [7, 11) is 0. The summed E-state index contributed by atoms with van der Waals surface area (Å²) in [5.41, 5.74) is 3.03. The second-order valence-electron chi connectivity index (χ2n) is 7.00. The molecule has 2 heterocycles. The highest BCUT2D eigenvalue weighted by Gasteiger charge is 2.20. The van der Waals surface area contributed by atoms with Crippen molar-refractivity contribution < 1.29 is 9.13 Å². The first-order valence-electron chi connectivity index (χ1n) is 9.43. The van der Waals surface area contributed by atoms with Gasteiger partial charge >= 0.3 is 0 Å². The van der Waals surface area contributed by atoms with E-state index in [-0.39, 0.29) is 5.82 Å². The number of halogens is 1. The first-order chi connectivity index (χ1) is 13.3. The lowest BCUT2D eigenvalue weighted by Gasteiger charge is -2.31. The molecule has 4 nitrogen and oxygen atoms in total. The van der Waals surface area contributed by atoms with Crippen molar-refractivity contribution in [2.75, 3.05) is 13.1 Å². The molecule has 2 aromatic carbocycles. The van der Waals surface area contributed by atoms with Crippen LogP contribution >= 0.6 is 0 Å². The van der Waals surface area contributed by atoms with Crippen LogP contribution in [0.3, 0.4) is 0 Å². The monoisotopic (exact) mass is 365 g/mol. The third kappa shape index (κ3) is 4.81. The summed E-state index contributed by atoms with van der Waals surface area (Å²) in [5.74, 6) is -0.226. The number of rotatable bonds is 6. The van der Waals surface area contributed by atoms with Crippen LogP contribution in [0.1, 0.15) is 18.4 Å². The van der Waals surface area contributed by atoms with E-state index in [2.05, 4.69) is 22.1 Å². The standard InChI is InChI=1S/C22H24FN3O/c23-20-8-6-19(7-9-20)22-12-15-26(24-22)17-25-13-10-21(11-14-25)27-16-18-4-2-1-3-5-18/h1-9,12,15,21H,10-11,13-14,16-17H2. The maximum atomic E-state index is 13.1. The molecule has 0 bridgehead atoms. The predicted molar refractivity (Wildman–Crippen MR) is 103 cm³/mol. The fourth-order valence-electron chi connectivity index (χ4n) is 3.43. The Labute approximate surface area is 159 Å². The number of piperidine rings is 1. The van der Waals surface area contributed by atoms with Crippen molar-refractivity contribution in [2.24, 2.45) is 0 Å². The van der Waals surface area contributed by atoms with E-state index < -0.39 is 0 Å². The van der Waals surface area contributed by atoms with Gasteiger partial charge in [0, 0.05) is 24.8 Å². The molecule has 4 rings (SSSR count). The van der Waals surface area contributed by atoms with Crippen molar-refractivity contribution in [1.29, 1.82) is 0 Å². The van der Waals surface area contributed by atoms with Crippen LogP contribution in [-0.4, -0.2) is 33.9 Å². The smallest absolute Gasteiger partial charge is 0.123 e.